The molecule has 3 aliphatic rings. The van der Waals surface area contributed by atoms with E-state index in [4.69, 9.17) is 9.47 Å². The molecule has 1 atom stereocenters. The van der Waals surface area contributed by atoms with Crippen LogP contribution in [0.4, 0.5) is 4.79 Å². The van der Waals surface area contributed by atoms with Crippen LogP contribution >= 0.6 is 0 Å². The van der Waals surface area contributed by atoms with Gasteiger partial charge >= 0.3 is 6.03 Å². The van der Waals surface area contributed by atoms with E-state index in [9.17, 15) is 14.4 Å². The minimum Gasteiger partial charge on any atom is -0.454 e. The van der Waals surface area contributed by atoms with Crippen LogP contribution in [-0.2, 0) is 16.1 Å². The van der Waals surface area contributed by atoms with E-state index in [0.29, 0.717) is 11.5 Å². The first-order chi connectivity index (χ1) is 15.0. The molecule has 4 amide bonds. The van der Waals surface area contributed by atoms with Gasteiger partial charge in [-0.3, -0.25) is 14.5 Å². The summed E-state index contributed by atoms with van der Waals surface area (Å²) in [7, 11) is 0. The highest BCUT2D eigenvalue weighted by Gasteiger charge is 2.40. The predicted molar refractivity (Wildman–Crippen MR) is 117 cm³/mol. The molecule has 2 fully saturated rings. The van der Waals surface area contributed by atoms with Crippen LogP contribution in [0.5, 0.6) is 11.5 Å². The molecule has 3 N–H and O–H groups in total. The summed E-state index contributed by atoms with van der Waals surface area (Å²) < 4.78 is 10.6. The standard InChI is InChI=1S/C23H32N4O5/c1-22(2)10-15(11-23(3,4)26-22)24-19(28)8-6-16-20(29)27(21(30)25-16)12-14-5-7-17-18(9-14)32-13-31-17/h5,7,9,15-16,26H,6,8,10-13H2,1-4H3,(H,24,28)(H,25,30)/t16-/m1/s1. The lowest BCUT2D eigenvalue weighted by Crippen LogP contribution is -2.62. The summed E-state index contributed by atoms with van der Waals surface area (Å²) in [5.41, 5.74) is 0.640. The number of nitrogens with zero attached hydrogens (tertiary/aromatic N) is 1. The van der Waals surface area contributed by atoms with Gasteiger partial charge in [0.05, 0.1) is 6.54 Å². The predicted octanol–water partition coefficient (Wildman–Crippen LogP) is 2.04. The molecule has 3 heterocycles. The van der Waals surface area contributed by atoms with E-state index in [2.05, 4.69) is 43.6 Å². The van der Waals surface area contributed by atoms with Gasteiger partial charge in [0.25, 0.3) is 5.91 Å². The zero-order valence-corrected chi connectivity index (χ0v) is 19.1. The van der Waals surface area contributed by atoms with Crippen molar-refractivity contribution in [3.8, 4) is 11.5 Å². The van der Waals surface area contributed by atoms with Gasteiger partial charge in [-0.15, -0.1) is 0 Å². The molecule has 1 aromatic rings. The van der Waals surface area contributed by atoms with Gasteiger partial charge in [0, 0.05) is 23.5 Å². The van der Waals surface area contributed by atoms with Gasteiger partial charge < -0.3 is 25.4 Å². The second-order valence-corrected chi connectivity index (χ2v) is 10.2. The number of imide groups is 1. The summed E-state index contributed by atoms with van der Waals surface area (Å²) in [6.45, 7) is 8.84. The number of nitrogens with one attached hydrogen (secondary N) is 3. The third kappa shape index (κ3) is 4.98. The van der Waals surface area contributed by atoms with Crippen LogP contribution in [0, 0.1) is 0 Å². The summed E-state index contributed by atoms with van der Waals surface area (Å²) in [6.07, 6.45) is 2.13. The van der Waals surface area contributed by atoms with Gasteiger partial charge in [-0.05, 0) is 64.7 Å². The Morgan fingerprint density at radius 1 is 1.12 bits per heavy atom. The Balaban J connectivity index is 1.29. The Kier molecular flexibility index (Phi) is 5.79. The highest BCUT2D eigenvalue weighted by molar-refractivity contribution is 6.04. The summed E-state index contributed by atoms with van der Waals surface area (Å²) in [5.74, 6) is 0.840. The van der Waals surface area contributed by atoms with Gasteiger partial charge in [0.1, 0.15) is 6.04 Å². The van der Waals surface area contributed by atoms with E-state index in [1.807, 2.05) is 0 Å². The molecule has 0 aromatic heterocycles. The molecule has 174 valence electrons. The maximum absolute atomic E-state index is 12.8. The van der Waals surface area contributed by atoms with E-state index in [-0.39, 0.29) is 55.1 Å². The lowest BCUT2D eigenvalue weighted by Gasteiger charge is -2.46. The van der Waals surface area contributed by atoms with E-state index in [1.165, 1.54) is 4.90 Å². The summed E-state index contributed by atoms with van der Waals surface area (Å²) in [5, 5.41) is 9.41. The lowest BCUT2D eigenvalue weighted by atomic mass is 9.79. The summed E-state index contributed by atoms with van der Waals surface area (Å²) >= 11 is 0. The van der Waals surface area contributed by atoms with Crippen LogP contribution in [-0.4, -0.2) is 52.7 Å². The molecule has 0 aliphatic carbocycles. The fraction of sp³-hybridized carbons (Fsp3) is 0.609. The normalized spacial score (nSPS) is 23.9. The monoisotopic (exact) mass is 444 g/mol. The number of rotatable bonds is 6. The van der Waals surface area contributed by atoms with Crippen LogP contribution in [0.15, 0.2) is 18.2 Å². The molecular weight excluding hydrogens is 412 g/mol. The number of amides is 4. The number of ether oxygens (including phenoxy) is 2. The highest BCUT2D eigenvalue weighted by atomic mass is 16.7. The number of benzene rings is 1. The minimum absolute atomic E-state index is 0.0652. The van der Waals surface area contributed by atoms with Crippen molar-refractivity contribution in [3.63, 3.8) is 0 Å². The SMILES string of the molecule is CC1(C)CC(NC(=O)CC[C@H]2NC(=O)N(Cc3ccc4c(c3)OCO4)C2=O)CC(C)(C)N1. The second kappa shape index (κ2) is 8.27. The lowest BCUT2D eigenvalue weighted by molar-refractivity contribution is -0.128. The van der Waals surface area contributed by atoms with E-state index < -0.39 is 12.1 Å². The molecule has 0 unspecified atom stereocenters. The van der Waals surface area contributed by atoms with Crippen LogP contribution in [0.25, 0.3) is 0 Å². The first-order valence-corrected chi connectivity index (χ1v) is 11.1. The number of hydrogen-bond acceptors (Lipinski definition) is 6. The third-order valence-corrected chi connectivity index (χ3v) is 6.10. The molecule has 1 aromatic carbocycles. The van der Waals surface area contributed by atoms with Crippen molar-refractivity contribution in [2.75, 3.05) is 6.79 Å². The number of urea groups is 1. The molecule has 4 rings (SSSR count). The maximum Gasteiger partial charge on any atom is 0.325 e. The quantitative estimate of drug-likeness (QED) is 0.580. The van der Waals surface area contributed by atoms with Crippen LogP contribution in [0.1, 0.15) is 58.9 Å². The molecule has 0 spiro atoms. The van der Waals surface area contributed by atoms with Gasteiger partial charge in [-0.25, -0.2) is 4.79 Å². The Morgan fingerprint density at radius 2 is 1.81 bits per heavy atom. The fourth-order valence-electron chi connectivity index (χ4n) is 5.14. The van der Waals surface area contributed by atoms with Gasteiger partial charge in [-0.1, -0.05) is 6.07 Å². The number of piperidine rings is 1. The first-order valence-electron chi connectivity index (χ1n) is 11.1. The molecule has 2 saturated heterocycles. The third-order valence-electron chi connectivity index (χ3n) is 6.10. The smallest absolute Gasteiger partial charge is 0.325 e. The zero-order chi connectivity index (χ0) is 23.1. The highest BCUT2D eigenvalue weighted by Crippen LogP contribution is 2.33. The van der Waals surface area contributed by atoms with Crippen molar-refractivity contribution in [2.24, 2.45) is 0 Å². The Bertz CT molecular complexity index is 913. The first kappa shape index (κ1) is 22.4. The van der Waals surface area contributed by atoms with E-state index in [1.54, 1.807) is 18.2 Å². The Labute approximate surface area is 188 Å². The largest absolute Gasteiger partial charge is 0.454 e. The zero-order valence-electron chi connectivity index (χ0n) is 19.1. The molecule has 9 nitrogen and oxygen atoms in total. The van der Waals surface area contributed by atoms with Crippen molar-refractivity contribution < 1.29 is 23.9 Å². The second-order valence-electron chi connectivity index (χ2n) is 10.2. The van der Waals surface area contributed by atoms with Crippen molar-refractivity contribution in [2.45, 2.75) is 83.1 Å². The average Bonchev–Trinajstić information content (AvgIpc) is 3.23. The number of carbonyl (C=O) groups excluding carboxylic acids is 3. The topological polar surface area (TPSA) is 109 Å². The number of hydrogen-bond donors (Lipinski definition) is 3. The van der Waals surface area contributed by atoms with Crippen LogP contribution in [0.3, 0.4) is 0 Å². The fourth-order valence-corrected chi connectivity index (χ4v) is 5.14. The number of fused-ring (bicyclic) bond motifs is 1. The van der Waals surface area contributed by atoms with Crippen LogP contribution in [0.2, 0.25) is 0 Å². The van der Waals surface area contributed by atoms with Crippen molar-refractivity contribution in [1.29, 1.82) is 0 Å². The molecule has 32 heavy (non-hydrogen) atoms. The van der Waals surface area contributed by atoms with Crippen molar-refractivity contribution in [3.05, 3.63) is 23.8 Å². The Hall–Kier alpha value is -2.81. The van der Waals surface area contributed by atoms with Gasteiger partial charge in [0.15, 0.2) is 11.5 Å². The average molecular weight is 445 g/mol. The van der Waals surface area contributed by atoms with Gasteiger partial charge in [0.2, 0.25) is 12.7 Å². The maximum atomic E-state index is 12.8. The summed E-state index contributed by atoms with van der Waals surface area (Å²) in [4.78, 5) is 38.9. The van der Waals surface area contributed by atoms with Crippen LogP contribution < -0.4 is 25.4 Å². The molecule has 9 heteroatoms. The molecule has 0 bridgehead atoms. The van der Waals surface area contributed by atoms with Gasteiger partial charge in [-0.2, -0.15) is 0 Å². The molecular formula is C23H32N4O5. The minimum atomic E-state index is -0.692. The Morgan fingerprint density at radius 3 is 2.53 bits per heavy atom. The van der Waals surface area contributed by atoms with Crippen molar-refractivity contribution >= 4 is 17.8 Å². The van der Waals surface area contributed by atoms with Crippen molar-refractivity contribution in [1.82, 2.24) is 20.9 Å². The molecule has 0 radical (unpaired) electrons. The summed E-state index contributed by atoms with van der Waals surface area (Å²) in [6, 6.07) is 4.28. The number of carbonyl (C=O) groups is 3. The van der Waals surface area contributed by atoms with E-state index in [0.717, 1.165) is 18.4 Å². The molecule has 3 aliphatic heterocycles. The molecule has 0 saturated carbocycles. The van der Waals surface area contributed by atoms with E-state index >= 15 is 0 Å².